The normalized spacial score (nSPS) is 25.2. The predicted octanol–water partition coefficient (Wildman–Crippen LogP) is 4.54. The number of hydrogen-bond donors (Lipinski definition) is 22. The molecule has 18 atom stereocenters. The number of carboxylic acid groups (broad SMARTS) is 3. The molecule has 7 aromatic carbocycles. The van der Waals surface area contributed by atoms with E-state index in [1.54, 1.807) is 6.92 Å². The Morgan fingerprint density at radius 2 is 1.18 bits per heavy atom. The van der Waals surface area contributed by atoms with E-state index in [2.05, 4.69) is 47.9 Å². The fraction of sp³-hybridized carbons (Fsp3) is 0.391. The summed E-state index contributed by atoms with van der Waals surface area (Å²) in [4.78, 5) is 149. The van der Waals surface area contributed by atoms with E-state index in [4.69, 9.17) is 81.9 Å². The van der Waals surface area contributed by atoms with Crippen molar-refractivity contribution in [2.75, 3.05) is 33.4 Å². The number of hydrogen-bond acceptors (Lipinski definition) is 29. The van der Waals surface area contributed by atoms with Crippen molar-refractivity contribution in [3.63, 3.8) is 0 Å². The Bertz CT molecular complexity index is 5600. The van der Waals surface area contributed by atoms with Crippen LogP contribution in [0.1, 0.15) is 122 Å². The highest BCUT2D eigenvalue weighted by atomic mass is 35.5. The summed E-state index contributed by atoms with van der Waals surface area (Å²) in [6.45, 7) is 5.82. The summed E-state index contributed by atoms with van der Waals surface area (Å²) >= 11 is 14.3. The van der Waals surface area contributed by atoms with Gasteiger partial charge in [-0.2, -0.15) is 26.3 Å². The summed E-state index contributed by atoms with van der Waals surface area (Å²) < 4.78 is 109. The molecule has 8 amide bonds. The van der Waals surface area contributed by atoms with Crippen molar-refractivity contribution in [1.82, 2.24) is 47.9 Å². The van der Waals surface area contributed by atoms with Gasteiger partial charge in [0.1, 0.15) is 96.1 Å². The van der Waals surface area contributed by atoms with Crippen LogP contribution in [0.4, 0.5) is 31.1 Å². The van der Waals surface area contributed by atoms with Gasteiger partial charge in [-0.3, -0.25) is 33.6 Å². The molecule has 8 aliphatic rings. The van der Waals surface area contributed by atoms with Crippen molar-refractivity contribution in [1.29, 1.82) is 0 Å². The van der Waals surface area contributed by atoms with E-state index >= 15 is 14.4 Å². The molecule has 11 bridgehead atoms. The zero-order valence-electron chi connectivity index (χ0n) is 71.4. The first kappa shape index (κ1) is 103. The summed E-state index contributed by atoms with van der Waals surface area (Å²) in [5.74, 6) is -22.0. The van der Waals surface area contributed by atoms with Crippen LogP contribution in [-0.2, 0) is 66.9 Å². The molecule has 40 nitrogen and oxygen atoms in total. The number of primary amides is 1. The standard InChI is InChI=1S/C83H90Cl2N10O26.2C2HF3O2/c1-34(2)22-50(87-5)74(106)94-65-67(101)37-15-18-54(48(84)24-37)117-56-26-39-27-57(71(56)121-81-72(70(104)69(103)58(32-96)119-81)120-60-31-83(4,73(105)35(3)116-60)89-21-20-88-82(114)115-33-47-43-12-8-6-10-41(43)42-11-7-9-13-44(42)47)118-55-19-16-38(25-49(55)85)68(102)66-79(111)93-64(80(112)113)46-28-40(97)29-53(99)61(46)45-23-36(14-17-52(45)98)62(76(108)95-66)92-77(109)63(39)91-75(107)51(30-59(86)100)90-78(65)110;2*3-2(4,5)1(6)7/h6-19,23-29,34-35,47,50-51,58,60,62-70,72-73,81,87,89,96-99,101-105H,20-22,30-33H2,1-5H3,(H2,86,100)(H,88,114)(H,90,110)(H,91,107)(H,92,109)(H,93,111)(H,94,106)(H,95,108)(H,112,113);2*(H,6,7)/t35-,50+,51-,58+,60-,62+,63+,64-,65+,66-,67+,68+,69+,70-,72+,73+,81-,83-;;/m0../s1. The average molecular weight is 1940 g/mol. The molecule has 135 heavy (non-hydrogen) atoms. The van der Waals surface area contributed by atoms with Crippen LogP contribution in [0.2, 0.25) is 10.0 Å². The van der Waals surface area contributed by atoms with Gasteiger partial charge in [-0.25, -0.2) is 19.2 Å². The Hall–Kier alpha value is -13.0. The zero-order valence-corrected chi connectivity index (χ0v) is 72.9. The molecule has 0 unspecified atom stereocenters. The third-order valence-electron chi connectivity index (χ3n) is 22.5. The molecule has 726 valence electrons. The maximum atomic E-state index is 16.2. The molecule has 2 fully saturated rings. The van der Waals surface area contributed by atoms with Crippen LogP contribution in [-0.4, -0.2) is 251 Å². The van der Waals surface area contributed by atoms with Crippen molar-refractivity contribution >= 4 is 88.6 Å². The highest BCUT2D eigenvalue weighted by Crippen LogP contribution is 2.51. The lowest BCUT2D eigenvalue weighted by Crippen LogP contribution is -2.66. The van der Waals surface area contributed by atoms with E-state index in [1.165, 1.54) is 26.1 Å². The van der Waals surface area contributed by atoms with E-state index in [1.807, 2.05) is 62.4 Å². The number of benzene rings is 7. The Balaban J connectivity index is 0.00000116. The van der Waals surface area contributed by atoms with E-state index in [-0.39, 0.29) is 71.8 Å². The number of halogens is 8. The first-order valence-electron chi connectivity index (χ1n) is 41.1. The fourth-order valence-corrected chi connectivity index (χ4v) is 16.3. The largest absolute Gasteiger partial charge is 0.508 e. The monoisotopic (exact) mass is 1940 g/mol. The SMILES string of the molecule is CN[C@H](CC(C)C)C(=O)N[C@H]1C(=O)N[C@@H](CC(N)=O)C(=O)N[C@H]2C(=O)N[C@H]3C(=O)N[C@H](C(=O)N[C@H](C(=O)O)c4cc(O)cc(O)c4-c4cc3ccc4O)[C@H](O)c3ccc(c(Cl)c3)Oc3cc2cc(c3O[C@@H]2O[C@H](CO)[C@@H](O)[C@H](O)[C@H]2O[C@H]2C[C@](C)(NCCNC(=O)OCC3c4ccccc4-c4ccccc43)[C@H](O)[C@H](C)O2)Oc2ccc(cc2Cl)[C@H]1O.O=C(O)C(F)(F)F.O=C(O)C(F)(F)F. The zero-order chi connectivity index (χ0) is 99.1. The number of carbonyl (C=O) groups is 11. The average Bonchev–Trinajstić information content (AvgIpc) is 1.64. The van der Waals surface area contributed by atoms with Crippen LogP contribution in [0.3, 0.4) is 0 Å². The smallest absolute Gasteiger partial charge is 0.490 e. The number of likely N-dealkylation sites (N-methyl/N-ethyl adjacent to an activating group) is 1. The van der Waals surface area contributed by atoms with Crippen molar-refractivity contribution in [2.45, 2.75) is 174 Å². The summed E-state index contributed by atoms with van der Waals surface area (Å²) in [6.07, 6.45) is -30.1. The molecule has 23 N–H and O–H groups in total. The van der Waals surface area contributed by atoms with Crippen LogP contribution in [0.5, 0.6) is 46.0 Å². The van der Waals surface area contributed by atoms with Crippen LogP contribution in [0.25, 0.3) is 22.3 Å². The number of carboxylic acids is 3. The number of aliphatic hydroxyl groups excluding tert-OH is 6. The molecule has 0 aromatic heterocycles. The van der Waals surface area contributed by atoms with Gasteiger partial charge in [-0.1, -0.05) is 104 Å². The second-order valence-electron chi connectivity index (χ2n) is 32.4. The van der Waals surface area contributed by atoms with E-state index < -0.39 is 267 Å². The number of alkyl halides is 6. The minimum atomic E-state index is -5.08. The number of aliphatic hydroxyl groups is 6. The lowest BCUT2D eigenvalue weighted by molar-refractivity contribution is -0.334. The highest BCUT2D eigenvalue weighted by Gasteiger charge is 2.53. The summed E-state index contributed by atoms with van der Waals surface area (Å²) in [7, 11) is 1.47. The molecular weight excluding hydrogens is 1850 g/mol. The molecule has 7 aliphatic heterocycles. The predicted molar refractivity (Wildman–Crippen MR) is 454 cm³/mol. The number of nitrogens with two attached hydrogens (primary N) is 1. The number of ether oxygens (including phenoxy) is 7. The molecule has 0 saturated carbocycles. The molecule has 48 heteroatoms. The van der Waals surface area contributed by atoms with Crippen molar-refractivity contribution in [2.24, 2.45) is 11.7 Å². The van der Waals surface area contributed by atoms with Gasteiger partial charge in [0.25, 0.3) is 0 Å². The number of aromatic hydroxyl groups is 3. The summed E-state index contributed by atoms with van der Waals surface area (Å²) in [6, 6.07) is 14.8. The maximum absolute atomic E-state index is 16.2. The Morgan fingerprint density at radius 3 is 1.73 bits per heavy atom. The number of amides is 8. The van der Waals surface area contributed by atoms with E-state index in [9.17, 15) is 106 Å². The van der Waals surface area contributed by atoms with Gasteiger partial charge in [-0.15, -0.1) is 0 Å². The lowest BCUT2D eigenvalue weighted by Gasteiger charge is -2.48. The summed E-state index contributed by atoms with van der Waals surface area (Å²) in [5.41, 5.74) is 5.60. The minimum Gasteiger partial charge on any atom is -0.508 e. The van der Waals surface area contributed by atoms with Gasteiger partial charge in [-0.05, 0) is 132 Å². The molecule has 0 spiro atoms. The molecular formula is C87H92Cl2F6N10O30. The first-order chi connectivity index (χ1) is 63.5. The highest BCUT2D eigenvalue weighted by molar-refractivity contribution is 6.32. The number of carbonyl (C=O) groups excluding carboxylic acids is 8. The topological polar surface area (TPSA) is 629 Å². The molecule has 2 saturated heterocycles. The van der Waals surface area contributed by atoms with Crippen LogP contribution in [0, 0.1) is 5.92 Å². The van der Waals surface area contributed by atoms with E-state index in [0.29, 0.717) is 0 Å². The number of fused-ring (bicyclic) bond motifs is 18. The minimum absolute atomic E-state index is 0.0195. The number of nitrogens with one attached hydrogen (secondary N) is 9. The molecule has 7 heterocycles. The van der Waals surface area contributed by atoms with Crippen molar-refractivity contribution < 1.29 is 174 Å². The number of aliphatic carboxylic acids is 3. The van der Waals surface area contributed by atoms with Gasteiger partial charge in [0.2, 0.25) is 53.4 Å². The number of phenols is 3. The van der Waals surface area contributed by atoms with Crippen LogP contribution < -0.4 is 67.8 Å². The maximum Gasteiger partial charge on any atom is 0.490 e. The Labute approximate surface area is 770 Å². The summed E-state index contributed by atoms with van der Waals surface area (Å²) in [5, 5.41) is 153. The second kappa shape index (κ2) is 42.7. The number of alkyl carbamates (subject to hydrolysis) is 1. The molecule has 1 aliphatic carbocycles. The Kier molecular flexibility index (Phi) is 32.4. The van der Waals surface area contributed by atoms with Crippen LogP contribution in [0.15, 0.2) is 127 Å². The van der Waals surface area contributed by atoms with Gasteiger partial charge < -0.3 is 148 Å². The van der Waals surface area contributed by atoms with Crippen LogP contribution >= 0.6 is 23.2 Å². The van der Waals surface area contributed by atoms with E-state index in [0.717, 1.165) is 89.0 Å². The molecule has 7 aromatic rings. The third-order valence-corrected chi connectivity index (χ3v) is 23.1. The number of rotatable bonds is 19. The van der Waals surface area contributed by atoms with Gasteiger partial charge >= 0.3 is 36.4 Å². The Morgan fingerprint density at radius 1 is 0.622 bits per heavy atom. The van der Waals surface area contributed by atoms with Gasteiger partial charge in [0.15, 0.2) is 29.9 Å². The lowest BCUT2D eigenvalue weighted by atomic mass is 9.85. The number of phenolic OH excluding ortho intramolecular Hbond substituents is 3. The first-order valence-corrected chi connectivity index (χ1v) is 41.9. The quantitative estimate of drug-likeness (QED) is 0.0390. The van der Waals surface area contributed by atoms with Crippen molar-refractivity contribution in [3.8, 4) is 68.2 Å². The van der Waals surface area contributed by atoms with Gasteiger partial charge in [0.05, 0.1) is 41.3 Å². The fourth-order valence-electron chi connectivity index (χ4n) is 15.8. The van der Waals surface area contributed by atoms with Gasteiger partial charge in [0, 0.05) is 53.7 Å². The second-order valence-corrected chi connectivity index (χ2v) is 33.2. The molecule has 0 radical (unpaired) electrons. The molecule has 15 rings (SSSR count). The third kappa shape index (κ3) is 23.9. The van der Waals surface area contributed by atoms with Crippen molar-refractivity contribution in [3.05, 3.63) is 176 Å².